The Kier molecular flexibility index (Phi) is 8.58. The van der Waals surface area contributed by atoms with Crippen LogP contribution < -0.4 is 0 Å². The van der Waals surface area contributed by atoms with Crippen molar-refractivity contribution in [1.29, 1.82) is 0 Å². The molecule has 0 spiro atoms. The van der Waals surface area contributed by atoms with Gasteiger partial charge in [0.05, 0.1) is 22.8 Å². The minimum absolute atomic E-state index is 1.13. The smallest absolute Gasteiger partial charge is 0.0535 e. The average molecular weight is 777 g/mol. The van der Waals surface area contributed by atoms with E-state index in [9.17, 15) is 0 Å². The van der Waals surface area contributed by atoms with Gasteiger partial charge in [-0.1, -0.05) is 146 Å². The summed E-state index contributed by atoms with van der Waals surface area (Å²) in [6.07, 6.45) is 0. The van der Waals surface area contributed by atoms with E-state index in [0.29, 0.717) is 0 Å². The van der Waals surface area contributed by atoms with Crippen LogP contribution in [-0.4, -0.2) is 9.13 Å². The summed E-state index contributed by atoms with van der Waals surface area (Å²) < 4.78 is 4.87. The number of aromatic nitrogens is 2. The third-order valence-corrected chi connectivity index (χ3v) is 12.9. The minimum Gasteiger partial charge on any atom is -0.309 e. The van der Waals surface area contributed by atoms with Crippen LogP contribution in [0.25, 0.3) is 98.8 Å². The fourth-order valence-corrected chi connectivity index (χ4v) is 10.2. The second-order valence-corrected chi connectivity index (χ2v) is 16.4. The molecule has 274 valence electrons. The van der Waals surface area contributed by atoms with Crippen molar-refractivity contribution in [2.24, 2.45) is 0 Å². The van der Waals surface area contributed by atoms with Crippen LogP contribution in [0.4, 0.5) is 0 Å². The zero-order valence-corrected chi connectivity index (χ0v) is 33.1. The fourth-order valence-electron chi connectivity index (χ4n) is 8.62. The van der Waals surface area contributed by atoms with Crippen molar-refractivity contribution in [3.63, 3.8) is 0 Å². The van der Waals surface area contributed by atoms with Crippen LogP contribution in [0.15, 0.2) is 217 Å². The molecule has 0 aliphatic rings. The van der Waals surface area contributed by atoms with E-state index in [1.54, 1.807) is 22.7 Å². The molecule has 0 aliphatic heterocycles. The first kappa shape index (κ1) is 34.3. The molecular weight excluding hydrogens is 741 g/mol. The predicted molar refractivity (Wildman–Crippen MR) is 248 cm³/mol. The van der Waals surface area contributed by atoms with Gasteiger partial charge in [-0.15, -0.1) is 22.7 Å². The SMILES string of the molecule is c1ccc(-c2ccc(-c3ccccc3)n2-c2ccc3c(-c4cccs4)c4cc(-n5c(-c6ccccc6)ccc5-c5ccccc5)ccc4c(-c4cccs4)c3c2)cc1. The van der Waals surface area contributed by atoms with E-state index < -0.39 is 0 Å². The van der Waals surface area contributed by atoms with Gasteiger partial charge in [-0.25, -0.2) is 0 Å². The number of fused-ring (bicyclic) bond motifs is 2. The van der Waals surface area contributed by atoms with E-state index in [-0.39, 0.29) is 0 Å². The van der Waals surface area contributed by atoms with Gasteiger partial charge in [0, 0.05) is 32.3 Å². The third-order valence-electron chi connectivity index (χ3n) is 11.2. The summed E-state index contributed by atoms with van der Waals surface area (Å²) in [5, 5.41) is 9.37. The number of benzene rings is 7. The van der Waals surface area contributed by atoms with Crippen molar-refractivity contribution >= 4 is 44.2 Å². The van der Waals surface area contributed by atoms with Crippen LogP contribution in [0.5, 0.6) is 0 Å². The lowest BCUT2D eigenvalue weighted by molar-refractivity contribution is 1.10. The zero-order valence-electron chi connectivity index (χ0n) is 31.5. The number of rotatable bonds is 8. The summed E-state index contributed by atoms with van der Waals surface area (Å²) in [5.74, 6) is 0. The molecule has 0 amide bonds. The van der Waals surface area contributed by atoms with E-state index in [4.69, 9.17) is 0 Å². The Hall–Kier alpha value is -6.98. The molecule has 11 aromatic rings. The molecule has 0 fully saturated rings. The molecule has 7 aromatic carbocycles. The van der Waals surface area contributed by atoms with Gasteiger partial charge in [0.1, 0.15) is 0 Å². The highest BCUT2D eigenvalue weighted by atomic mass is 32.1. The molecule has 0 bridgehead atoms. The number of hydrogen-bond donors (Lipinski definition) is 0. The molecule has 0 atom stereocenters. The maximum atomic E-state index is 2.43. The Morgan fingerprint density at radius 1 is 0.276 bits per heavy atom. The molecule has 0 radical (unpaired) electrons. The second kappa shape index (κ2) is 14.5. The standard InChI is InChI=1S/C54H36N2S2/c1-5-15-37(16-6-1)47-29-30-48(38-17-7-2-8-18-38)55(47)41-25-27-43-45(35-41)53(51-23-13-33-57-51)44-28-26-42(36-46(44)54(43)52-24-14-34-58-52)56-49(39-19-9-3-10-20-39)31-32-50(56)40-21-11-4-12-22-40/h1-36H. The van der Waals surface area contributed by atoms with Gasteiger partial charge < -0.3 is 9.13 Å². The number of hydrogen-bond acceptors (Lipinski definition) is 2. The van der Waals surface area contributed by atoms with Crippen molar-refractivity contribution < 1.29 is 0 Å². The van der Waals surface area contributed by atoms with Gasteiger partial charge in [-0.3, -0.25) is 0 Å². The van der Waals surface area contributed by atoms with Crippen molar-refractivity contribution in [1.82, 2.24) is 9.13 Å². The Morgan fingerprint density at radius 3 is 0.897 bits per heavy atom. The van der Waals surface area contributed by atoms with Crippen molar-refractivity contribution in [2.45, 2.75) is 0 Å². The Labute approximate surface area is 345 Å². The molecule has 58 heavy (non-hydrogen) atoms. The van der Waals surface area contributed by atoms with E-state index >= 15 is 0 Å². The predicted octanol–water partition coefficient (Wildman–Crippen LogP) is 15.7. The summed E-state index contributed by atoms with van der Waals surface area (Å²) >= 11 is 3.61. The van der Waals surface area contributed by atoms with Crippen LogP contribution in [0.2, 0.25) is 0 Å². The van der Waals surface area contributed by atoms with E-state index in [1.165, 1.54) is 64.7 Å². The van der Waals surface area contributed by atoms with Gasteiger partial charge in [0.2, 0.25) is 0 Å². The largest absolute Gasteiger partial charge is 0.309 e. The van der Waals surface area contributed by atoms with Crippen LogP contribution in [0, 0.1) is 0 Å². The molecule has 0 saturated heterocycles. The quantitative estimate of drug-likeness (QED) is 0.136. The molecular formula is C54H36N2S2. The average Bonchev–Trinajstić information content (AvgIpc) is 4.15. The summed E-state index contributed by atoms with van der Waals surface area (Å²) in [7, 11) is 0. The number of thiophene rings is 2. The van der Waals surface area contributed by atoms with Crippen LogP contribution in [0.3, 0.4) is 0 Å². The van der Waals surface area contributed by atoms with Crippen LogP contribution in [-0.2, 0) is 0 Å². The molecule has 4 aromatic heterocycles. The summed E-state index contributed by atoms with van der Waals surface area (Å²) in [4.78, 5) is 2.51. The Bertz CT molecular complexity index is 2840. The van der Waals surface area contributed by atoms with Gasteiger partial charge in [0.15, 0.2) is 0 Å². The van der Waals surface area contributed by atoms with Crippen LogP contribution >= 0.6 is 22.7 Å². The Morgan fingerprint density at radius 2 is 0.603 bits per heavy atom. The minimum atomic E-state index is 1.13. The monoisotopic (exact) mass is 776 g/mol. The zero-order chi connectivity index (χ0) is 38.4. The maximum absolute atomic E-state index is 2.43. The maximum Gasteiger partial charge on any atom is 0.0535 e. The van der Waals surface area contributed by atoms with Gasteiger partial charge in [-0.2, -0.15) is 0 Å². The molecule has 0 aliphatic carbocycles. The fraction of sp³-hybridized carbons (Fsp3) is 0. The molecule has 2 nitrogen and oxygen atoms in total. The molecule has 11 rings (SSSR count). The van der Waals surface area contributed by atoms with Crippen molar-refractivity contribution in [2.75, 3.05) is 0 Å². The Balaban J connectivity index is 1.21. The lowest BCUT2D eigenvalue weighted by Gasteiger charge is -2.21. The van der Waals surface area contributed by atoms with E-state index in [0.717, 1.165) is 34.2 Å². The molecule has 4 heteroatoms. The third kappa shape index (κ3) is 5.85. The van der Waals surface area contributed by atoms with Gasteiger partial charge in [0.25, 0.3) is 0 Å². The lowest BCUT2D eigenvalue weighted by atomic mass is 9.89. The van der Waals surface area contributed by atoms with Gasteiger partial charge >= 0.3 is 0 Å². The van der Waals surface area contributed by atoms with Crippen LogP contribution in [0.1, 0.15) is 0 Å². The normalized spacial score (nSPS) is 11.4. The first-order valence-electron chi connectivity index (χ1n) is 19.6. The molecule has 0 N–H and O–H groups in total. The highest BCUT2D eigenvalue weighted by Crippen LogP contribution is 2.48. The lowest BCUT2D eigenvalue weighted by Crippen LogP contribution is -2.01. The number of nitrogens with zero attached hydrogens (tertiary/aromatic N) is 2. The summed E-state index contributed by atoms with van der Waals surface area (Å²) in [6, 6.07) is 75.1. The molecule has 0 saturated carbocycles. The highest BCUT2D eigenvalue weighted by Gasteiger charge is 2.22. The van der Waals surface area contributed by atoms with E-state index in [2.05, 4.69) is 226 Å². The van der Waals surface area contributed by atoms with E-state index in [1.807, 2.05) is 0 Å². The van der Waals surface area contributed by atoms with Crippen molar-refractivity contribution in [3.8, 4) is 77.3 Å². The molecule has 0 unspecified atom stereocenters. The topological polar surface area (TPSA) is 9.86 Å². The first-order chi connectivity index (χ1) is 28.8. The summed E-state index contributed by atoms with van der Waals surface area (Å²) in [6.45, 7) is 0. The van der Waals surface area contributed by atoms with Crippen molar-refractivity contribution in [3.05, 3.63) is 217 Å². The molecule has 4 heterocycles. The van der Waals surface area contributed by atoms with Gasteiger partial charge in [-0.05, 0) is 115 Å². The summed E-state index contributed by atoms with van der Waals surface area (Å²) in [5.41, 5.74) is 14.2. The highest BCUT2D eigenvalue weighted by molar-refractivity contribution is 7.14. The second-order valence-electron chi connectivity index (χ2n) is 14.5. The first-order valence-corrected chi connectivity index (χ1v) is 21.3.